The summed E-state index contributed by atoms with van der Waals surface area (Å²) >= 11 is 3.39. The molecule has 31 heavy (non-hydrogen) atoms. The van der Waals surface area contributed by atoms with Crippen molar-refractivity contribution < 1.29 is 14.4 Å². The lowest BCUT2D eigenvalue weighted by molar-refractivity contribution is -0.384. The Morgan fingerprint density at radius 3 is 2.77 bits per heavy atom. The van der Waals surface area contributed by atoms with Crippen LogP contribution in [0.4, 0.5) is 5.69 Å². The Bertz CT molecular complexity index is 1240. The zero-order valence-corrected chi connectivity index (χ0v) is 17.8. The number of ether oxygens (including phenoxy) is 2. The molecule has 0 amide bonds. The number of hydrogen-bond acceptors (Lipinski definition) is 7. The third-order valence-electron chi connectivity index (χ3n) is 4.95. The fourth-order valence-electron chi connectivity index (χ4n) is 3.46. The molecule has 0 spiro atoms. The molecule has 0 radical (unpaired) electrons. The number of fused-ring (bicyclic) bond motifs is 1. The molecule has 1 aromatic heterocycles. The maximum Gasteiger partial charge on any atom is 0.270 e. The van der Waals surface area contributed by atoms with Gasteiger partial charge in [0.25, 0.3) is 5.69 Å². The number of nitrogens with two attached hydrogens (primary N) is 1. The number of hydrogen-bond donors (Lipinski definition) is 2. The van der Waals surface area contributed by atoms with Crippen molar-refractivity contribution in [1.82, 2.24) is 10.2 Å². The molecule has 1 aliphatic heterocycles. The van der Waals surface area contributed by atoms with Crippen molar-refractivity contribution in [2.24, 2.45) is 5.73 Å². The summed E-state index contributed by atoms with van der Waals surface area (Å²) in [4.78, 5) is 11.0. The smallest absolute Gasteiger partial charge is 0.270 e. The molecule has 3 N–H and O–H groups in total. The van der Waals surface area contributed by atoms with Crippen molar-refractivity contribution >= 4 is 21.6 Å². The van der Waals surface area contributed by atoms with Gasteiger partial charge in [0.15, 0.2) is 0 Å². The van der Waals surface area contributed by atoms with Crippen LogP contribution in [0.15, 0.2) is 58.4 Å². The molecular weight excluding hydrogens is 466 g/mol. The quantitative estimate of drug-likeness (QED) is 0.411. The minimum atomic E-state index is -0.729. The van der Waals surface area contributed by atoms with Gasteiger partial charge in [0.1, 0.15) is 24.0 Å². The van der Waals surface area contributed by atoms with Crippen molar-refractivity contribution in [3.63, 3.8) is 0 Å². The van der Waals surface area contributed by atoms with E-state index in [0.29, 0.717) is 22.6 Å². The summed E-state index contributed by atoms with van der Waals surface area (Å²) < 4.78 is 12.4. The second-order valence-electron chi connectivity index (χ2n) is 6.89. The van der Waals surface area contributed by atoms with Crippen LogP contribution in [-0.2, 0) is 6.61 Å². The van der Waals surface area contributed by atoms with Gasteiger partial charge in [-0.05, 0) is 30.7 Å². The Morgan fingerprint density at radius 1 is 1.35 bits per heavy atom. The second kappa shape index (κ2) is 8.12. The minimum Gasteiger partial charge on any atom is -0.489 e. The topological polar surface area (TPSA) is 140 Å². The lowest BCUT2D eigenvalue weighted by Gasteiger charge is -2.25. The van der Waals surface area contributed by atoms with Crippen molar-refractivity contribution in [3.8, 4) is 17.7 Å². The Hall–Kier alpha value is -3.84. The highest BCUT2D eigenvalue weighted by Gasteiger charge is 2.36. The molecular formula is C21H16BrN5O4. The standard InChI is InChI=1S/C21H16BrN5O4/c1-11-18-19(16(9-23)20(24)31-21(18)26-25-11)15-8-14(27(28)29)6-7-17(15)30-10-12-2-4-13(22)5-3-12/h2-8,19H,10,24H2,1H3,(H,25,26)/t19-/m1/s1. The zero-order valence-electron chi connectivity index (χ0n) is 16.3. The summed E-state index contributed by atoms with van der Waals surface area (Å²) in [6, 6.07) is 14.0. The minimum absolute atomic E-state index is 0.100. The van der Waals surface area contributed by atoms with E-state index < -0.39 is 10.8 Å². The van der Waals surface area contributed by atoms with Crippen LogP contribution in [0.25, 0.3) is 0 Å². The number of aromatic nitrogens is 2. The molecule has 0 saturated carbocycles. The van der Waals surface area contributed by atoms with E-state index >= 15 is 0 Å². The first-order chi connectivity index (χ1) is 14.9. The van der Waals surface area contributed by atoms with E-state index in [0.717, 1.165) is 10.0 Å². The maximum absolute atomic E-state index is 11.5. The highest BCUT2D eigenvalue weighted by molar-refractivity contribution is 9.10. The SMILES string of the molecule is Cc1[nH]nc2c1[C@H](c1cc([N+](=O)[O-])ccc1OCc1ccc(Br)cc1)C(C#N)=C(N)O2. The van der Waals surface area contributed by atoms with Crippen LogP contribution in [0.2, 0.25) is 0 Å². The molecule has 2 aromatic carbocycles. The molecule has 2 heterocycles. The van der Waals surface area contributed by atoms with Crippen molar-refractivity contribution in [3.05, 3.63) is 90.9 Å². The monoisotopic (exact) mass is 481 g/mol. The predicted molar refractivity (Wildman–Crippen MR) is 114 cm³/mol. The average molecular weight is 482 g/mol. The Morgan fingerprint density at radius 2 is 2.10 bits per heavy atom. The second-order valence-corrected chi connectivity index (χ2v) is 7.80. The van der Waals surface area contributed by atoms with Crippen molar-refractivity contribution in [2.75, 3.05) is 0 Å². The molecule has 0 fully saturated rings. The van der Waals surface area contributed by atoms with Crippen molar-refractivity contribution in [1.29, 1.82) is 5.26 Å². The van der Waals surface area contributed by atoms with Gasteiger partial charge in [0.05, 0.1) is 10.8 Å². The summed E-state index contributed by atoms with van der Waals surface area (Å²) in [7, 11) is 0. The number of aromatic amines is 1. The molecule has 4 rings (SSSR count). The van der Waals surface area contributed by atoms with Crippen LogP contribution in [0.3, 0.4) is 0 Å². The number of allylic oxidation sites excluding steroid dienone is 1. The number of benzene rings is 2. The van der Waals surface area contributed by atoms with Gasteiger partial charge < -0.3 is 15.2 Å². The molecule has 0 bridgehead atoms. The summed E-state index contributed by atoms with van der Waals surface area (Å²) in [6.07, 6.45) is 0. The van der Waals surface area contributed by atoms with Crippen LogP contribution in [-0.4, -0.2) is 15.1 Å². The average Bonchev–Trinajstić information content (AvgIpc) is 3.12. The third kappa shape index (κ3) is 3.83. The largest absolute Gasteiger partial charge is 0.489 e. The van der Waals surface area contributed by atoms with Crippen LogP contribution < -0.4 is 15.2 Å². The van der Waals surface area contributed by atoms with Gasteiger partial charge >= 0.3 is 0 Å². The molecule has 0 aliphatic carbocycles. The number of nitrogens with zero attached hydrogens (tertiary/aromatic N) is 3. The number of nitro groups is 1. The Balaban J connectivity index is 1.83. The zero-order chi connectivity index (χ0) is 22.1. The summed E-state index contributed by atoms with van der Waals surface area (Å²) in [5, 5.41) is 28.1. The molecule has 9 nitrogen and oxygen atoms in total. The highest BCUT2D eigenvalue weighted by Crippen LogP contribution is 2.46. The van der Waals surface area contributed by atoms with Gasteiger partial charge in [-0.1, -0.05) is 28.1 Å². The molecule has 3 aromatic rings. The van der Waals surface area contributed by atoms with E-state index in [1.807, 2.05) is 24.3 Å². The van der Waals surface area contributed by atoms with Gasteiger partial charge in [0.2, 0.25) is 11.8 Å². The lowest BCUT2D eigenvalue weighted by Crippen LogP contribution is -2.21. The van der Waals surface area contributed by atoms with E-state index in [1.54, 1.807) is 6.92 Å². The molecule has 1 atom stereocenters. The van der Waals surface area contributed by atoms with Gasteiger partial charge in [-0.25, -0.2) is 0 Å². The van der Waals surface area contributed by atoms with E-state index in [-0.39, 0.29) is 29.6 Å². The lowest BCUT2D eigenvalue weighted by atomic mass is 9.83. The number of nitro benzene ring substituents is 1. The van der Waals surface area contributed by atoms with E-state index in [4.69, 9.17) is 15.2 Å². The number of aryl methyl sites for hydroxylation is 1. The van der Waals surface area contributed by atoms with Crippen LogP contribution in [0.5, 0.6) is 11.6 Å². The van der Waals surface area contributed by atoms with Gasteiger partial charge in [-0.2, -0.15) is 5.26 Å². The molecule has 156 valence electrons. The third-order valence-corrected chi connectivity index (χ3v) is 5.48. The van der Waals surface area contributed by atoms with E-state index in [2.05, 4.69) is 32.2 Å². The number of rotatable bonds is 5. The molecule has 0 unspecified atom stereocenters. The van der Waals surface area contributed by atoms with Gasteiger partial charge in [0, 0.05) is 33.4 Å². The number of halogens is 1. The van der Waals surface area contributed by atoms with Crippen LogP contribution in [0.1, 0.15) is 28.3 Å². The number of nitrogens with one attached hydrogen (secondary N) is 1. The fraction of sp³-hybridized carbons (Fsp3) is 0.143. The normalized spacial score (nSPS) is 15.1. The Labute approximate surface area is 185 Å². The maximum atomic E-state index is 11.5. The first kappa shape index (κ1) is 20.4. The van der Waals surface area contributed by atoms with Gasteiger partial charge in [-0.3, -0.25) is 15.2 Å². The summed E-state index contributed by atoms with van der Waals surface area (Å²) in [5.41, 5.74) is 8.56. The summed E-state index contributed by atoms with van der Waals surface area (Å²) in [5.74, 6) is -0.207. The first-order valence-electron chi connectivity index (χ1n) is 9.17. The number of H-pyrrole nitrogens is 1. The van der Waals surface area contributed by atoms with Crippen LogP contribution in [0, 0.1) is 28.4 Å². The summed E-state index contributed by atoms with van der Waals surface area (Å²) in [6.45, 7) is 2.01. The molecule has 10 heteroatoms. The fourth-order valence-corrected chi connectivity index (χ4v) is 3.72. The number of non-ortho nitro benzene ring substituents is 1. The Kier molecular flexibility index (Phi) is 5.35. The molecule has 0 saturated heterocycles. The number of nitriles is 1. The first-order valence-corrected chi connectivity index (χ1v) is 9.96. The van der Waals surface area contributed by atoms with E-state index in [1.165, 1.54) is 18.2 Å². The highest BCUT2D eigenvalue weighted by atomic mass is 79.9. The van der Waals surface area contributed by atoms with E-state index in [9.17, 15) is 15.4 Å². The molecule has 1 aliphatic rings. The van der Waals surface area contributed by atoms with Crippen molar-refractivity contribution in [2.45, 2.75) is 19.4 Å². The predicted octanol–water partition coefficient (Wildman–Crippen LogP) is 4.19. The van der Waals surface area contributed by atoms with Crippen LogP contribution >= 0.6 is 15.9 Å². The van der Waals surface area contributed by atoms with Gasteiger partial charge in [-0.15, -0.1) is 5.10 Å².